The second kappa shape index (κ2) is 5.29. The second-order valence-corrected chi connectivity index (χ2v) is 2.64. The Balaban J connectivity index is 3.77. The summed E-state index contributed by atoms with van der Waals surface area (Å²) in [5.41, 5.74) is 5.60. The van der Waals surface area contributed by atoms with Crippen LogP contribution in [-0.4, -0.2) is 19.3 Å². The van der Waals surface area contributed by atoms with E-state index in [9.17, 15) is 0 Å². The minimum absolute atomic E-state index is 0.322. The summed E-state index contributed by atoms with van der Waals surface area (Å²) in [6.45, 7) is 6.05. The van der Waals surface area contributed by atoms with Crippen LogP contribution in [0.3, 0.4) is 0 Å². The Labute approximate surface area is 68.1 Å². The highest BCUT2D eigenvalue weighted by Gasteiger charge is 2.21. The molecule has 0 aliphatic carbocycles. The van der Waals surface area contributed by atoms with Gasteiger partial charge in [-0.2, -0.15) is 0 Å². The van der Waals surface area contributed by atoms with Gasteiger partial charge in [0.05, 0.1) is 7.11 Å². The highest BCUT2D eigenvalue weighted by molar-refractivity contribution is 4.89. The first-order valence-electron chi connectivity index (χ1n) is 3.74. The molecule has 0 aromatic heterocycles. The fourth-order valence-electron chi connectivity index (χ4n) is 0.769. The highest BCUT2D eigenvalue weighted by atomic mass is 17.2. The maximum absolute atomic E-state index is 5.92. The van der Waals surface area contributed by atoms with Crippen LogP contribution in [0, 0.1) is 0 Å². The van der Waals surface area contributed by atoms with Crippen molar-refractivity contribution in [2.24, 2.45) is 5.73 Å². The van der Waals surface area contributed by atoms with E-state index >= 15 is 0 Å². The van der Waals surface area contributed by atoms with E-state index in [1.54, 1.807) is 6.08 Å². The molecular formula is C8H17NO2. The molecule has 3 nitrogen and oxygen atoms in total. The lowest BCUT2D eigenvalue weighted by Crippen LogP contribution is -2.43. The van der Waals surface area contributed by atoms with Crippen LogP contribution < -0.4 is 5.73 Å². The first kappa shape index (κ1) is 10.6. The zero-order chi connectivity index (χ0) is 8.74. The molecule has 2 N–H and O–H groups in total. The summed E-state index contributed by atoms with van der Waals surface area (Å²) in [7, 11) is 1.48. The number of hydrogen-bond donors (Lipinski definition) is 1. The molecule has 0 aliphatic heterocycles. The molecular weight excluding hydrogens is 142 g/mol. The Kier molecular flexibility index (Phi) is 5.11. The van der Waals surface area contributed by atoms with Crippen molar-refractivity contribution >= 4 is 0 Å². The fraction of sp³-hybridized carbons (Fsp3) is 0.750. The summed E-state index contributed by atoms with van der Waals surface area (Å²) in [6, 6.07) is 0. The average Bonchev–Trinajstić information content (AvgIpc) is 2.02. The fourth-order valence-corrected chi connectivity index (χ4v) is 0.769. The van der Waals surface area contributed by atoms with Gasteiger partial charge in [0.15, 0.2) is 0 Å². The third kappa shape index (κ3) is 4.14. The van der Waals surface area contributed by atoms with Gasteiger partial charge in [-0.3, -0.25) is 0 Å². The van der Waals surface area contributed by atoms with Crippen LogP contribution in [0.15, 0.2) is 12.7 Å². The predicted octanol–water partition coefficient (Wildman–Crippen LogP) is 1.25. The van der Waals surface area contributed by atoms with Crippen LogP contribution in [0.4, 0.5) is 0 Å². The summed E-state index contributed by atoms with van der Waals surface area (Å²) >= 11 is 0. The van der Waals surface area contributed by atoms with E-state index in [0.717, 1.165) is 12.8 Å². The van der Waals surface area contributed by atoms with Gasteiger partial charge in [-0.25, -0.2) is 9.78 Å². The van der Waals surface area contributed by atoms with E-state index in [0.29, 0.717) is 6.61 Å². The van der Waals surface area contributed by atoms with Crippen molar-refractivity contribution in [3.8, 4) is 0 Å². The lowest BCUT2D eigenvalue weighted by Gasteiger charge is -2.24. The maximum Gasteiger partial charge on any atom is 0.100 e. The van der Waals surface area contributed by atoms with Crippen LogP contribution in [0.1, 0.15) is 19.8 Å². The van der Waals surface area contributed by atoms with Gasteiger partial charge in [-0.05, 0) is 12.8 Å². The molecule has 0 saturated carbocycles. The molecule has 0 aromatic rings. The van der Waals surface area contributed by atoms with Gasteiger partial charge in [0.2, 0.25) is 0 Å². The molecule has 0 bridgehead atoms. The summed E-state index contributed by atoms with van der Waals surface area (Å²) in [5.74, 6) is 0. The first-order valence-corrected chi connectivity index (χ1v) is 3.74. The van der Waals surface area contributed by atoms with Gasteiger partial charge in [0, 0.05) is 5.54 Å². The normalized spacial score (nSPS) is 15.9. The quantitative estimate of drug-likeness (QED) is 0.360. The summed E-state index contributed by atoms with van der Waals surface area (Å²) < 4.78 is 0. The Bertz CT molecular complexity index is 117. The van der Waals surface area contributed by atoms with Crippen LogP contribution in [0.5, 0.6) is 0 Å². The van der Waals surface area contributed by atoms with E-state index in [1.807, 2.05) is 6.92 Å². The average molecular weight is 159 g/mol. The summed E-state index contributed by atoms with van der Waals surface area (Å²) in [6.07, 6.45) is 3.39. The Morgan fingerprint density at radius 1 is 1.64 bits per heavy atom. The SMILES string of the molecule is C=CCC(N)(CC)COOC. The smallest absolute Gasteiger partial charge is 0.100 e. The van der Waals surface area contributed by atoms with Crippen molar-refractivity contribution in [1.29, 1.82) is 0 Å². The van der Waals surface area contributed by atoms with E-state index in [2.05, 4.69) is 11.5 Å². The molecule has 0 radical (unpaired) electrons. The van der Waals surface area contributed by atoms with Gasteiger partial charge in [0.1, 0.15) is 6.61 Å². The molecule has 3 heteroatoms. The van der Waals surface area contributed by atoms with Gasteiger partial charge in [-0.15, -0.1) is 6.58 Å². The minimum atomic E-state index is -0.322. The second-order valence-electron chi connectivity index (χ2n) is 2.64. The van der Waals surface area contributed by atoms with Gasteiger partial charge in [-0.1, -0.05) is 13.0 Å². The van der Waals surface area contributed by atoms with Crippen molar-refractivity contribution in [2.75, 3.05) is 13.7 Å². The van der Waals surface area contributed by atoms with Crippen molar-refractivity contribution in [3.05, 3.63) is 12.7 Å². The molecule has 0 aliphatic rings. The molecule has 0 saturated heterocycles. The molecule has 0 amide bonds. The molecule has 0 rings (SSSR count). The standard InChI is InChI=1S/C8H17NO2/c1-4-6-8(9,5-2)7-11-10-3/h4H,1,5-7,9H2,2-3H3. The van der Waals surface area contributed by atoms with E-state index in [4.69, 9.17) is 10.6 Å². The Hall–Kier alpha value is -0.380. The topological polar surface area (TPSA) is 44.5 Å². The number of nitrogens with two attached hydrogens (primary N) is 1. The molecule has 0 fully saturated rings. The molecule has 66 valence electrons. The molecule has 0 heterocycles. The van der Waals surface area contributed by atoms with Crippen molar-refractivity contribution < 1.29 is 9.78 Å². The van der Waals surface area contributed by atoms with Gasteiger partial charge < -0.3 is 5.73 Å². The van der Waals surface area contributed by atoms with Crippen LogP contribution in [0.25, 0.3) is 0 Å². The molecule has 1 unspecified atom stereocenters. The largest absolute Gasteiger partial charge is 0.323 e. The third-order valence-electron chi connectivity index (χ3n) is 1.72. The van der Waals surface area contributed by atoms with E-state index in [1.165, 1.54) is 7.11 Å². The van der Waals surface area contributed by atoms with Crippen LogP contribution >= 0.6 is 0 Å². The zero-order valence-corrected chi connectivity index (χ0v) is 7.30. The van der Waals surface area contributed by atoms with Gasteiger partial charge in [0.25, 0.3) is 0 Å². The molecule has 11 heavy (non-hydrogen) atoms. The third-order valence-corrected chi connectivity index (χ3v) is 1.72. The minimum Gasteiger partial charge on any atom is -0.323 e. The summed E-state index contributed by atoms with van der Waals surface area (Å²) in [4.78, 5) is 9.24. The van der Waals surface area contributed by atoms with Gasteiger partial charge >= 0.3 is 0 Å². The van der Waals surface area contributed by atoms with Crippen molar-refractivity contribution in [3.63, 3.8) is 0 Å². The number of rotatable bonds is 6. The Morgan fingerprint density at radius 3 is 2.64 bits per heavy atom. The van der Waals surface area contributed by atoms with Crippen molar-refractivity contribution in [1.82, 2.24) is 0 Å². The highest BCUT2D eigenvalue weighted by Crippen LogP contribution is 2.12. The molecule has 1 atom stereocenters. The van der Waals surface area contributed by atoms with Crippen molar-refractivity contribution in [2.45, 2.75) is 25.3 Å². The Morgan fingerprint density at radius 2 is 2.27 bits per heavy atom. The number of hydrogen-bond acceptors (Lipinski definition) is 3. The summed E-state index contributed by atoms with van der Waals surface area (Å²) in [5, 5.41) is 0. The maximum atomic E-state index is 5.92. The predicted molar refractivity (Wildman–Crippen MR) is 45.0 cm³/mol. The van der Waals surface area contributed by atoms with Crippen LogP contribution in [-0.2, 0) is 9.78 Å². The monoisotopic (exact) mass is 159 g/mol. The first-order chi connectivity index (χ1) is 5.18. The zero-order valence-electron chi connectivity index (χ0n) is 7.30. The lowest BCUT2D eigenvalue weighted by atomic mass is 9.95. The van der Waals surface area contributed by atoms with E-state index in [-0.39, 0.29) is 5.54 Å². The van der Waals surface area contributed by atoms with E-state index < -0.39 is 0 Å². The molecule has 0 aromatic carbocycles. The van der Waals surface area contributed by atoms with Crippen LogP contribution in [0.2, 0.25) is 0 Å². The lowest BCUT2D eigenvalue weighted by molar-refractivity contribution is -0.281. The molecule has 0 spiro atoms.